The van der Waals surface area contributed by atoms with Gasteiger partial charge in [-0.3, -0.25) is 14.5 Å². The Morgan fingerprint density at radius 2 is 1.67 bits per heavy atom. The minimum absolute atomic E-state index is 0.120. The van der Waals surface area contributed by atoms with Gasteiger partial charge >= 0.3 is 0 Å². The van der Waals surface area contributed by atoms with Crippen LogP contribution >= 0.6 is 0 Å². The van der Waals surface area contributed by atoms with Gasteiger partial charge in [0.05, 0.1) is 12.1 Å². The van der Waals surface area contributed by atoms with Crippen molar-refractivity contribution in [2.75, 3.05) is 6.61 Å². The molecule has 0 unspecified atom stereocenters. The zero-order chi connectivity index (χ0) is 11.2. The molecule has 1 heterocycles. The normalized spacial score (nSPS) is 24.9. The lowest BCUT2D eigenvalue weighted by molar-refractivity contribution is -0.151. The number of amides is 2. The molecule has 2 rings (SSSR count). The van der Waals surface area contributed by atoms with Crippen molar-refractivity contribution in [2.45, 2.75) is 38.6 Å². The molecule has 1 N–H and O–H groups in total. The Kier molecular flexibility index (Phi) is 2.19. The molecule has 15 heavy (non-hydrogen) atoms. The molecule has 0 saturated heterocycles. The second-order valence-electron chi connectivity index (χ2n) is 4.43. The molecule has 2 amide bonds. The van der Waals surface area contributed by atoms with E-state index in [1.165, 1.54) is 4.90 Å². The van der Waals surface area contributed by atoms with Crippen molar-refractivity contribution in [3.63, 3.8) is 0 Å². The Labute approximate surface area is 88.6 Å². The predicted molar refractivity (Wildman–Crippen MR) is 53.9 cm³/mol. The third-order valence-electron chi connectivity index (χ3n) is 3.66. The maximum atomic E-state index is 11.9. The number of aliphatic hydroxyl groups excluding tert-OH is 1. The van der Waals surface area contributed by atoms with E-state index in [2.05, 4.69) is 0 Å². The molecule has 1 aliphatic heterocycles. The van der Waals surface area contributed by atoms with E-state index in [0.29, 0.717) is 11.1 Å². The van der Waals surface area contributed by atoms with Crippen LogP contribution in [0.2, 0.25) is 0 Å². The van der Waals surface area contributed by atoms with Crippen LogP contribution in [0.3, 0.4) is 0 Å². The van der Waals surface area contributed by atoms with Gasteiger partial charge in [0.1, 0.15) is 0 Å². The molecule has 1 aliphatic carbocycles. The maximum Gasteiger partial charge on any atom is 0.257 e. The number of rotatable bonds is 2. The summed E-state index contributed by atoms with van der Waals surface area (Å²) < 4.78 is 0. The van der Waals surface area contributed by atoms with Gasteiger partial charge in [-0.1, -0.05) is 0 Å². The van der Waals surface area contributed by atoms with Crippen LogP contribution in [-0.2, 0) is 9.59 Å². The summed E-state index contributed by atoms with van der Waals surface area (Å²) in [5, 5.41) is 9.34. The molecule has 0 aromatic carbocycles. The molecule has 0 spiro atoms. The summed E-state index contributed by atoms with van der Waals surface area (Å²) in [4.78, 5) is 25.0. The molecule has 0 atom stereocenters. The van der Waals surface area contributed by atoms with Gasteiger partial charge in [-0.2, -0.15) is 0 Å². The molecule has 1 fully saturated rings. The fourth-order valence-corrected chi connectivity index (χ4v) is 2.22. The van der Waals surface area contributed by atoms with Crippen molar-refractivity contribution >= 4 is 11.8 Å². The Bertz CT molecular complexity index is 337. The molecular weight excluding hydrogens is 194 g/mol. The zero-order valence-corrected chi connectivity index (χ0v) is 9.04. The summed E-state index contributed by atoms with van der Waals surface area (Å²) in [5.41, 5.74) is 0.423. The van der Waals surface area contributed by atoms with Gasteiger partial charge < -0.3 is 5.11 Å². The van der Waals surface area contributed by atoms with Crippen LogP contribution in [0.25, 0.3) is 0 Å². The van der Waals surface area contributed by atoms with Gasteiger partial charge in [-0.05, 0) is 33.1 Å². The van der Waals surface area contributed by atoms with Crippen molar-refractivity contribution < 1.29 is 14.7 Å². The average Bonchev–Trinajstić information content (AvgIpc) is 2.34. The van der Waals surface area contributed by atoms with Crippen LogP contribution in [0.1, 0.15) is 33.1 Å². The standard InChI is InChI=1S/C11H15NO3/c1-7-8(2)10(15)12(9(7)14)11(6-13)4-3-5-11/h13H,3-6H2,1-2H3. The van der Waals surface area contributed by atoms with E-state index >= 15 is 0 Å². The number of imide groups is 1. The van der Waals surface area contributed by atoms with Crippen LogP contribution in [0, 0.1) is 0 Å². The molecule has 0 aromatic rings. The first-order valence-corrected chi connectivity index (χ1v) is 5.21. The highest BCUT2D eigenvalue weighted by Gasteiger charge is 2.51. The number of aliphatic hydroxyl groups is 1. The van der Waals surface area contributed by atoms with Gasteiger partial charge in [0, 0.05) is 11.1 Å². The third kappa shape index (κ3) is 1.17. The summed E-state index contributed by atoms with van der Waals surface area (Å²) >= 11 is 0. The maximum absolute atomic E-state index is 11.9. The Morgan fingerprint density at radius 3 is 1.93 bits per heavy atom. The summed E-state index contributed by atoms with van der Waals surface area (Å²) in [6, 6.07) is 0. The van der Waals surface area contributed by atoms with Gasteiger partial charge in [0.15, 0.2) is 0 Å². The fourth-order valence-electron chi connectivity index (χ4n) is 2.22. The van der Waals surface area contributed by atoms with Crippen LogP contribution in [0.15, 0.2) is 11.1 Å². The Morgan fingerprint density at radius 1 is 1.20 bits per heavy atom. The van der Waals surface area contributed by atoms with Crippen LogP contribution in [-0.4, -0.2) is 34.0 Å². The number of carbonyl (C=O) groups excluding carboxylic acids is 2. The fraction of sp³-hybridized carbons (Fsp3) is 0.636. The zero-order valence-electron chi connectivity index (χ0n) is 9.04. The lowest BCUT2D eigenvalue weighted by Gasteiger charge is -2.46. The number of nitrogens with zero attached hydrogens (tertiary/aromatic N) is 1. The molecular formula is C11H15NO3. The first-order valence-electron chi connectivity index (χ1n) is 5.21. The topological polar surface area (TPSA) is 57.6 Å². The monoisotopic (exact) mass is 209 g/mol. The number of hydrogen-bond donors (Lipinski definition) is 1. The third-order valence-corrected chi connectivity index (χ3v) is 3.66. The quantitative estimate of drug-likeness (QED) is 0.678. The Hall–Kier alpha value is -1.16. The molecule has 4 nitrogen and oxygen atoms in total. The lowest BCUT2D eigenvalue weighted by Crippen LogP contribution is -2.59. The van der Waals surface area contributed by atoms with Gasteiger partial charge in [0.2, 0.25) is 0 Å². The second kappa shape index (κ2) is 3.17. The minimum atomic E-state index is -0.604. The minimum Gasteiger partial charge on any atom is -0.394 e. The second-order valence-corrected chi connectivity index (χ2v) is 4.43. The van der Waals surface area contributed by atoms with Crippen molar-refractivity contribution in [3.8, 4) is 0 Å². The molecule has 2 aliphatic rings. The lowest BCUT2D eigenvalue weighted by atomic mass is 9.76. The molecule has 1 saturated carbocycles. The van der Waals surface area contributed by atoms with Crippen LogP contribution in [0.4, 0.5) is 0 Å². The van der Waals surface area contributed by atoms with Crippen molar-refractivity contribution in [2.24, 2.45) is 0 Å². The summed E-state index contributed by atoms with van der Waals surface area (Å²) in [6.07, 6.45) is 2.42. The molecule has 0 radical (unpaired) electrons. The highest BCUT2D eigenvalue weighted by Crippen LogP contribution is 2.41. The van der Waals surface area contributed by atoms with E-state index in [1.807, 2.05) is 0 Å². The van der Waals surface area contributed by atoms with Gasteiger partial charge in [0.25, 0.3) is 11.8 Å². The smallest absolute Gasteiger partial charge is 0.257 e. The highest BCUT2D eigenvalue weighted by atomic mass is 16.3. The van der Waals surface area contributed by atoms with Crippen molar-refractivity contribution in [1.82, 2.24) is 4.90 Å². The predicted octanol–water partition coefficient (Wildman–Crippen LogP) is 0.607. The largest absolute Gasteiger partial charge is 0.394 e. The van der Waals surface area contributed by atoms with Crippen molar-refractivity contribution in [3.05, 3.63) is 11.1 Å². The number of carbonyl (C=O) groups is 2. The van der Waals surface area contributed by atoms with Gasteiger partial charge in [-0.25, -0.2) is 0 Å². The van der Waals surface area contributed by atoms with E-state index in [4.69, 9.17) is 0 Å². The van der Waals surface area contributed by atoms with E-state index in [-0.39, 0.29) is 18.4 Å². The average molecular weight is 209 g/mol. The first-order chi connectivity index (χ1) is 7.03. The van der Waals surface area contributed by atoms with Crippen LogP contribution < -0.4 is 0 Å². The van der Waals surface area contributed by atoms with Gasteiger partial charge in [-0.15, -0.1) is 0 Å². The van der Waals surface area contributed by atoms with E-state index in [0.717, 1.165) is 19.3 Å². The Balaban J connectivity index is 2.34. The SMILES string of the molecule is CC1=C(C)C(=O)N(C2(CO)CCC2)C1=O. The van der Waals surface area contributed by atoms with E-state index in [9.17, 15) is 14.7 Å². The molecule has 4 heteroatoms. The molecule has 0 aromatic heterocycles. The van der Waals surface area contributed by atoms with Crippen molar-refractivity contribution in [1.29, 1.82) is 0 Å². The summed E-state index contributed by atoms with van der Waals surface area (Å²) in [7, 11) is 0. The highest BCUT2D eigenvalue weighted by molar-refractivity contribution is 6.19. The van der Waals surface area contributed by atoms with E-state index in [1.54, 1.807) is 13.8 Å². The first kappa shape index (κ1) is 10.4. The van der Waals surface area contributed by atoms with Crippen LogP contribution in [0.5, 0.6) is 0 Å². The molecule has 0 bridgehead atoms. The summed E-state index contributed by atoms with van der Waals surface area (Å²) in [6.45, 7) is 3.21. The summed E-state index contributed by atoms with van der Waals surface area (Å²) in [5.74, 6) is -0.461. The molecule has 82 valence electrons. The van der Waals surface area contributed by atoms with E-state index < -0.39 is 5.54 Å². The number of hydrogen-bond acceptors (Lipinski definition) is 3.